The minimum atomic E-state index is -0.365. The number of hydrogen-bond donors (Lipinski definition) is 1. The molecule has 0 saturated carbocycles. The summed E-state index contributed by atoms with van der Waals surface area (Å²) in [6.07, 6.45) is -0.195. The van der Waals surface area contributed by atoms with E-state index in [1.807, 2.05) is 29.2 Å². The number of benzene rings is 2. The SMILES string of the molecule is COc1ccc(N2CCN(C(=O)c3ccc(NC(=O)CC#N)cc3)CC2)cc1. The van der Waals surface area contributed by atoms with Crippen LogP contribution >= 0.6 is 0 Å². The normalized spacial score (nSPS) is 13.6. The molecule has 0 atom stereocenters. The fourth-order valence-corrected chi connectivity index (χ4v) is 3.12. The molecular weight excluding hydrogens is 356 g/mol. The van der Waals surface area contributed by atoms with Crippen molar-refractivity contribution in [2.45, 2.75) is 6.42 Å². The molecule has 0 unspecified atom stereocenters. The van der Waals surface area contributed by atoms with Crippen LogP contribution in [-0.4, -0.2) is 50.0 Å². The molecule has 0 bridgehead atoms. The van der Waals surface area contributed by atoms with Gasteiger partial charge >= 0.3 is 0 Å². The van der Waals surface area contributed by atoms with E-state index in [-0.39, 0.29) is 18.2 Å². The van der Waals surface area contributed by atoms with E-state index in [1.54, 1.807) is 37.4 Å². The number of rotatable bonds is 5. The van der Waals surface area contributed by atoms with E-state index < -0.39 is 0 Å². The molecule has 2 aromatic rings. The zero-order valence-corrected chi connectivity index (χ0v) is 15.7. The van der Waals surface area contributed by atoms with Crippen molar-refractivity contribution in [3.8, 4) is 11.8 Å². The van der Waals surface area contributed by atoms with Gasteiger partial charge in [-0.3, -0.25) is 9.59 Å². The maximum atomic E-state index is 12.7. The van der Waals surface area contributed by atoms with Gasteiger partial charge in [-0.2, -0.15) is 5.26 Å². The molecule has 3 rings (SSSR count). The number of ether oxygens (including phenoxy) is 1. The number of nitrogens with one attached hydrogen (secondary N) is 1. The van der Waals surface area contributed by atoms with Gasteiger partial charge in [-0.25, -0.2) is 0 Å². The van der Waals surface area contributed by atoms with Crippen LogP contribution in [0.2, 0.25) is 0 Å². The van der Waals surface area contributed by atoms with Gasteiger partial charge in [0.2, 0.25) is 5.91 Å². The molecule has 0 spiro atoms. The monoisotopic (exact) mass is 378 g/mol. The zero-order valence-electron chi connectivity index (χ0n) is 15.7. The summed E-state index contributed by atoms with van der Waals surface area (Å²) in [5, 5.41) is 11.1. The molecule has 0 aliphatic carbocycles. The van der Waals surface area contributed by atoms with Crippen molar-refractivity contribution in [3.63, 3.8) is 0 Å². The van der Waals surface area contributed by atoms with E-state index >= 15 is 0 Å². The number of carbonyl (C=O) groups excluding carboxylic acids is 2. The fourth-order valence-electron chi connectivity index (χ4n) is 3.12. The summed E-state index contributed by atoms with van der Waals surface area (Å²) in [5.74, 6) is 0.435. The molecule has 0 aromatic heterocycles. The molecular formula is C21H22N4O3. The molecule has 7 nitrogen and oxygen atoms in total. The number of methoxy groups -OCH3 is 1. The van der Waals surface area contributed by atoms with Crippen molar-refractivity contribution in [3.05, 3.63) is 54.1 Å². The average molecular weight is 378 g/mol. The number of carbonyl (C=O) groups is 2. The molecule has 1 heterocycles. The lowest BCUT2D eigenvalue weighted by atomic mass is 10.1. The standard InChI is InChI=1S/C21H22N4O3/c1-28-19-8-6-18(7-9-19)24-12-14-25(15-13-24)21(27)16-2-4-17(5-3-16)23-20(26)10-11-22/h2-9H,10,12-15H2,1H3,(H,23,26). The molecule has 1 aliphatic rings. The quantitative estimate of drug-likeness (QED) is 0.864. The van der Waals surface area contributed by atoms with Gasteiger partial charge in [-0.05, 0) is 48.5 Å². The Bertz CT molecular complexity index is 864. The van der Waals surface area contributed by atoms with Crippen molar-refractivity contribution in [1.29, 1.82) is 5.26 Å². The van der Waals surface area contributed by atoms with Gasteiger partial charge in [0.05, 0.1) is 13.2 Å². The average Bonchev–Trinajstić information content (AvgIpc) is 2.74. The number of nitrogens with zero attached hydrogens (tertiary/aromatic N) is 3. The molecule has 28 heavy (non-hydrogen) atoms. The van der Waals surface area contributed by atoms with Crippen LogP contribution in [0, 0.1) is 11.3 Å². The number of piperazine rings is 1. The van der Waals surface area contributed by atoms with Crippen molar-refractivity contribution < 1.29 is 14.3 Å². The van der Waals surface area contributed by atoms with E-state index in [1.165, 1.54) is 0 Å². The predicted molar refractivity (Wildman–Crippen MR) is 106 cm³/mol. The van der Waals surface area contributed by atoms with Gasteiger partial charge in [0, 0.05) is 43.1 Å². The molecule has 1 fully saturated rings. The zero-order chi connectivity index (χ0) is 19.9. The van der Waals surface area contributed by atoms with Gasteiger partial charge in [-0.1, -0.05) is 0 Å². The van der Waals surface area contributed by atoms with Crippen molar-refractivity contribution in [2.24, 2.45) is 0 Å². The predicted octanol–water partition coefficient (Wildman–Crippen LogP) is 2.51. The number of nitriles is 1. The second-order valence-electron chi connectivity index (χ2n) is 6.44. The molecule has 1 aliphatic heterocycles. The summed E-state index contributed by atoms with van der Waals surface area (Å²) in [7, 11) is 1.65. The van der Waals surface area contributed by atoms with E-state index in [2.05, 4.69) is 10.2 Å². The summed E-state index contributed by atoms with van der Waals surface area (Å²) in [4.78, 5) is 28.2. The van der Waals surface area contributed by atoms with Crippen molar-refractivity contribution in [1.82, 2.24) is 4.90 Å². The van der Waals surface area contributed by atoms with E-state index in [4.69, 9.17) is 10.00 Å². The van der Waals surface area contributed by atoms with Crippen LogP contribution in [0.3, 0.4) is 0 Å². The smallest absolute Gasteiger partial charge is 0.253 e. The van der Waals surface area contributed by atoms with Crippen LogP contribution in [0.1, 0.15) is 16.8 Å². The topological polar surface area (TPSA) is 85.7 Å². The molecule has 1 saturated heterocycles. The Kier molecular flexibility index (Phi) is 6.12. The van der Waals surface area contributed by atoms with Crippen molar-refractivity contribution >= 4 is 23.2 Å². The first-order chi connectivity index (χ1) is 13.6. The maximum absolute atomic E-state index is 12.7. The summed E-state index contributed by atoms with van der Waals surface area (Å²) < 4.78 is 5.19. The first-order valence-electron chi connectivity index (χ1n) is 9.06. The summed E-state index contributed by atoms with van der Waals surface area (Å²) in [6.45, 7) is 2.82. The lowest BCUT2D eigenvalue weighted by Gasteiger charge is -2.36. The van der Waals surface area contributed by atoms with E-state index in [9.17, 15) is 9.59 Å². The third-order valence-electron chi connectivity index (χ3n) is 4.66. The van der Waals surface area contributed by atoms with Gasteiger partial charge in [0.1, 0.15) is 12.2 Å². The lowest BCUT2D eigenvalue weighted by Crippen LogP contribution is -2.48. The molecule has 0 radical (unpaired) electrons. The second-order valence-corrected chi connectivity index (χ2v) is 6.44. The third-order valence-corrected chi connectivity index (χ3v) is 4.66. The summed E-state index contributed by atoms with van der Waals surface area (Å²) in [5.41, 5.74) is 2.27. The van der Waals surface area contributed by atoms with Gasteiger partial charge in [-0.15, -0.1) is 0 Å². The van der Waals surface area contributed by atoms with Crippen LogP contribution in [0.15, 0.2) is 48.5 Å². The fraction of sp³-hybridized carbons (Fsp3) is 0.286. The van der Waals surface area contributed by atoms with Crippen molar-refractivity contribution in [2.75, 3.05) is 43.5 Å². The van der Waals surface area contributed by atoms with Crippen LogP contribution < -0.4 is 15.0 Å². The summed E-state index contributed by atoms with van der Waals surface area (Å²) in [6, 6.07) is 16.5. The maximum Gasteiger partial charge on any atom is 0.253 e. The summed E-state index contributed by atoms with van der Waals surface area (Å²) >= 11 is 0. The van der Waals surface area contributed by atoms with Gasteiger partial charge in [0.15, 0.2) is 0 Å². The Morgan fingerprint density at radius 2 is 1.68 bits per heavy atom. The minimum absolute atomic E-state index is 0.0238. The van der Waals surface area contributed by atoms with Crippen LogP contribution in [0.4, 0.5) is 11.4 Å². The number of amides is 2. The lowest BCUT2D eigenvalue weighted by molar-refractivity contribution is -0.115. The second kappa shape index (κ2) is 8.91. The number of hydrogen-bond acceptors (Lipinski definition) is 5. The highest BCUT2D eigenvalue weighted by atomic mass is 16.5. The minimum Gasteiger partial charge on any atom is -0.497 e. The molecule has 2 amide bonds. The number of anilines is 2. The highest BCUT2D eigenvalue weighted by Gasteiger charge is 2.22. The molecule has 1 N–H and O–H groups in total. The van der Waals surface area contributed by atoms with Gasteiger partial charge < -0.3 is 19.9 Å². The Morgan fingerprint density at radius 3 is 2.25 bits per heavy atom. The van der Waals surface area contributed by atoms with E-state index in [0.717, 1.165) is 24.5 Å². The molecule has 2 aromatic carbocycles. The molecule has 144 valence electrons. The first kappa shape index (κ1) is 19.2. The largest absolute Gasteiger partial charge is 0.497 e. The van der Waals surface area contributed by atoms with Crippen LogP contribution in [0.25, 0.3) is 0 Å². The first-order valence-corrected chi connectivity index (χ1v) is 9.06. The Hall–Kier alpha value is -3.53. The van der Waals surface area contributed by atoms with Crippen LogP contribution in [-0.2, 0) is 4.79 Å². The highest BCUT2D eigenvalue weighted by molar-refractivity contribution is 5.96. The Labute approximate surface area is 164 Å². The van der Waals surface area contributed by atoms with E-state index in [0.29, 0.717) is 24.3 Å². The Morgan fingerprint density at radius 1 is 1.04 bits per heavy atom. The van der Waals surface area contributed by atoms with Crippen LogP contribution in [0.5, 0.6) is 5.75 Å². The van der Waals surface area contributed by atoms with Gasteiger partial charge in [0.25, 0.3) is 5.91 Å². The highest BCUT2D eigenvalue weighted by Crippen LogP contribution is 2.21. The third kappa shape index (κ3) is 4.60. The Balaban J connectivity index is 1.55. The molecule has 7 heteroatoms.